The van der Waals surface area contributed by atoms with Gasteiger partial charge < -0.3 is 4.42 Å². The first-order valence-electron chi connectivity index (χ1n) is 6.83. The lowest BCUT2D eigenvalue weighted by molar-refractivity contribution is 0.627. The van der Waals surface area contributed by atoms with Crippen molar-refractivity contribution >= 4 is 11.0 Å². The fourth-order valence-corrected chi connectivity index (χ4v) is 2.46. The average molecular weight is 275 g/mol. The van der Waals surface area contributed by atoms with Crippen molar-refractivity contribution in [2.24, 2.45) is 0 Å². The summed E-state index contributed by atoms with van der Waals surface area (Å²) in [5.41, 5.74) is 3.72. The molecule has 0 atom stereocenters. The Bertz CT molecular complexity index is 844. The number of para-hydroxylation sites is 1. The van der Waals surface area contributed by atoms with Crippen molar-refractivity contribution in [1.82, 2.24) is 15.4 Å². The number of aromatic nitrogens is 3. The van der Waals surface area contributed by atoms with Gasteiger partial charge >= 0.3 is 0 Å². The Morgan fingerprint density at radius 2 is 1.71 bits per heavy atom. The number of furan rings is 1. The molecule has 0 spiro atoms. The highest BCUT2D eigenvalue weighted by Gasteiger charge is 2.15. The Hall–Kier alpha value is -2.88. The van der Waals surface area contributed by atoms with Crippen LogP contribution >= 0.6 is 0 Å². The number of fused-ring (bicyclic) bond motifs is 1. The van der Waals surface area contributed by atoms with Crippen molar-refractivity contribution in [1.29, 1.82) is 0 Å². The smallest absolute Gasteiger partial charge is 0.157 e. The molecule has 0 aliphatic heterocycles. The van der Waals surface area contributed by atoms with E-state index in [1.165, 1.54) is 5.56 Å². The maximum absolute atomic E-state index is 5.87. The highest BCUT2D eigenvalue weighted by Crippen LogP contribution is 2.28. The number of nitrogens with one attached hydrogen (secondary N) is 1. The Balaban J connectivity index is 1.74. The van der Waals surface area contributed by atoms with E-state index in [-0.39, 0.29) is 0 Å². The van der Waals surface area contributed by atoms with Crippen molar-refractivity contribution < 1.29 is 4.42 Å². The first-order valence-corrected chi connectivity index (χ1v) is 6.83. The summed E-state index contributed by atoms with van der Waals surface area (Å²) in [7, 11) is 0. The number of hydrogen-bond acceptors (Lipinski definition) is 3. The van der Waals surface area contributed by atoms with Crippen molar-refractivity contribution in [2.75, 3.05) is 0 Å². The van der Waals surface area contributed by atoms with Crippen LogP contribution < -0.4 is 0 Å². The molecule has 2 aromatic carbocycles. The van der Waals surface area contributed by atoms with Gasteiger partial charge in [0.1, 0.15) is 5.58 Å². The molecule has 4 rings (SSSR count). The minimum absolute atomic E-state index is 0.726. The molecule has 0 aliphatic rings. The highest BCUT2D eigenvalue weighted by atomic mass is 16.3. The standard InChI is InChI=1S/C17H13N3O/c1-2-6-12(7-3-1)10-14-17(19-20-18-14)16-11-13-8-4-5-9-15(13)21-16/h1-9,11H,10H2,(H,18,19,20). The average Bonchev–Trinajstić information content (AvgIpc) is 3.14. The molecule has 0 radical (unpaired) electrons. The summed E-state index contributed by atoms with van der Waals surface area (Å²) in [6, 6.07) is 20.2. The van der Waals surface area contributed by atoms with E-state index in [0.29, 0.717) is 0 Å². The second-order valence-corrected chi connectivity index (χ2v) is 4.93. The fraction of sp³-hybridized carbons (Fsp3) is 0.0588. The van der Waals surface area contributed by atoms with Gasteiger partial charge in [0.2, 0.25) is 0 Å². The summed E-state index contributed by atoms with van der Waals surface area (Å²) in [4.78, 5) is 0. The minimum atomic E-state index is 0.726. The lowest BCUT2D eigenvalue weighted by Crippen LogP contribution is -1.90. The van der Waals surface area contributed by atoms with Gasteiger partial charge in [0, 0.05) is 11.8 Å². The number of rotatable bonds is 3. The topological polar surface area (TPSA) is 54.7 Å². The molecule has 2 heterocycles. The van der Waals surface area contributed by atoms with Gasteiger partial charge in [0.25, 0.3) is 0 Å². The normalized spacial score (nSPS) is 11.0. The minimum Gasteiger partial charge on any atom is -0.454 e. The van der Waals surface area contributed by atoms with Crippen LogP contribution in [0.5, 0.6) is 0 Å². The molecule has 21 heavy (non-hydrogen) atoms. The Kier molecular flexibility index (Phi) is 2.78. The van der Waals surface area contributed by atoms with Gasteiger partial charge in [0.15, 0.2) is 11.5 Å². The van der Waals surface area contributed by atoms with Crippen LogP contribution in [0.1, 0.15) is 11.3 Å². The van der Waals surface area contributed by atoms with Gasteiger partial charge in [-0.3, -0.25) is 0 Å². The third-order valence-corrected chi connectivity index (χ3v) is 3.49. The Labute approximate surface area is 121 Å². The second-order valence-electron chi connectivity index (χ2n) is 4.93. The molecule has 0 amide bonds. The molecule has 102 valence electrons. The Morgan fingerprint density at radius 1 is 0.905 bits per heavy atom. The lowest BCUT2D eigenvalue weighted by atomic mass is 10.1. The van der Waals surface area contributed by atoms with Gasteiger partial charge in [-0.15, -0.1) is 0 Å². The quantitative estimate of drug-likeness (QED) is 0.618. The summed E-state index contributed by atoms with van der Waals surface area (Å²) in [6.07, 6.45) is 0.726. The lowest BCUT2D eigenvalue weighted by Gasteiger charge is -1.98. The van der Waals surface area contributed by atoms with Crippen LogP contribution in [0.4, 0.5) is 0 Å². The van der Waals surface area contributed by atoms with E-state index in [2.05, 4.69) is 27.5 Å². The number of hydrogen-bond donors (Lipinski definition) is 1. The molecule has 0 aliphatic carbocycles. The zero-order valence-corrected chi connectivity index (χ0v) is 11.3. The molecule has 4 heteroatoms. The van der Waals surface area contributed by atoms with Crippen LogP contribution in [-0.4, -0.2) is 15.4 Å². The third kappa shape index (κ3) is 2.21. The molecule has 4 aromatic rings. The monoisotopic (exact) mass is 275 g/mol. The van der Waals surface area contributed by atoms with Crippen LogP contribution in [0.25, 0.3) is 22.4 Å². The largest absolute Gasteiger partial charge is 0.454 e. The van der Waals surface area contributed by atoms with Crippen molar-refractivity contribution in [3.63, 3.8) is 0 Å². The van der Waals surface area contributed by atoms with Gasteiger partial charge in [-0.05, 0) is 17.7 Å². The van der Waals surface area contributed by atoms with Crippen LogP contribution in [-0.2, 0) is 6.42 Å². The van der Waals surface area contributed by atoms with Gasteiger partial charge in [-0.2, -0.15) is 15.4 Å². The van der Waals surface area contributed by atoms with Gasteiger partial charge in [-0.1, -0.05) is 48.5 Å². The molecule has 0 unspecified atom stereocenters. The van der Waals surface area contributed by atoms with E-state index < -0.39 is 0 Å². The molecule has 0 fully saturated rings. The summed E-state index contributed by atoms with van der Waals surface area (Å²) >= 11 is 0. The zero-order chi connectivity index (χ0) is 14.1. The van der Waals surface area contributed by atoms with Gasteiger partial charge in [0.05, 0.1) is 5.69 Å². The molecule has 1 N–H and O–H groups in total. The predicted octanol–water partition coefficient (Wildman–Crippen LogP) is 3.81. The van der Waals surface area contributed by atoms with Crippen molar-refractivity contribution in [3.05, 3.63) is 71.9 Å². The van der Waals surface area contributed by atoms with Crippen LogP contribution in [0, 0.1) is 0 Å². The maximum atomic E-state index is 5.87. The number of nitrogens with zero attached hydrogens (tertiary/aromatic N) is 2. The van der Waals surface area contributed by atoms with E-state index in [1.54, 1.807) is 0 Å². The van der Waals surface area contributed by atoms with E-state index in [9.17, 15) is 0 Å². The number of aromatic amines is 1. The third-order valence-electron chi connectivity index (χ3n) is 3.49. The molecular weight excluding hydrogens is 262 g/mol. The van der Waals surface area contributed by atoms with Gasteiger partial charge in [-0.25, -0.2) is 0 Å². The summed E-state index contributed by atoms with van der Waals surface area (Å²) < 4.78 is 5.87. The molecule has 0 bridgehead atoms. The van der Waals surface area contributed by atoms with E-state index in [1.807, 2.05) is 48.5 Å². The zero-order valence-electron chi connectivity index (χ0n) is 11.3. The number of benzene rings is 2. The highest BCUT2D eigenvalue weighted by molar-refractivity contribution is 5.82. The molecule has 0 saturated heterocycles. The van der Waals surface area contributed by atoms with E-state index >= 15 is 0 Å². The molecular formula is C17H13N3O. The van der Waals surface area contributed by atoms with Crippen LogP contribution in [0.3, 0.4) is 0 Å². The van der Waals surface area contributed by atoms with Crippen molar-refractivity contribution in [3.8, 4) is 11.5 Å². The van der Waals surface area contributed by atoms with E-state index in [0.717, 1.165) is 34.5 Å². The Morgan fingerprint density at radius 3 is 2.57 bits per heavy atom. The molecule has 0 saturated carbocycles. The molecule has 2 aromatic heterocycles. The summed E-state index contributed by atoms with van der Waals surface area (Å²) in [5.74, 6) is 0.746. The first-order chi connectivity index (χ1) is 10.4. The van der Waals surface area contributed by atoms with Crippen LogP contribution in [0.15, 0.2) is 65.1 Å². The fourth-order valence-electron chi connectivity index (χ4n) is 2.46. The SMILES string of the molecule is c1ccc(Cc2n[nH]nc2-c2cc3ccccc3o2)cc1. The first kappa shape index (κ1) is 11.9. The molecule has 4 nitrogen and oxygen atoms in total. The van der Waals surface area contributed by atoms with Crippen molar-refractivity contribution in [2.45, 2.75) is 6.42 Å². The maximum Gasteiger partial charge on any atom is 0.157 e. The van der Waals surface area contributed by atoms with Crippen LogP contribution in [0.2, 0.25) is 0 Å². The number of H-pyrrole nitrogens is 1. The van der Waals surface area contributed by atoms with E-state index in [4.69, 9.17) is 4.42 Å². The predicted molar refractivity (Wildman–Crippen MR) is 80.8 cm³/mol. The summed E-state index contributed by atoms with van der Waals surface area (Å²) in [6.45, 7) is 0. The second kappa shape index (κ2) is 4.90. The summed E-state index contributed by atoms with van der Waals surface area (Å²) in [5, 5.41) is 12.3.